The van der Waals surface area contributed by atoms with Gasteiger partial charge in [-0.25, -0.2) is 9.89 Å². The third-order valence-electron chi connectivity index (χ3n) is 4.30. The minimum atomic E-state index is -0.186. The standard InChI is InChI=1S/C16H18N4O2S/c21-14(17-12-5-4-10-2-1-3-11(10)8-12)9-23-16-19-18-15(22)20(16)13-6-7-13/h4-5,8,13H,1-3,6-7,9H2,(H,17,21)(H,18,22). The number of carbonyl (C=O) groups is 1. The van der Waals surface area contributed by atoms with Crippen molar-refractivity contribution in [1.29, 1.82) is 0 Å². The van der Waals surface area contributed by atoms with Gasteiger partial charge in [0.1, 0.15) is 0 Å². The van der Waals surface area contributed by atoms with E-state index >= 15 is 0 Å². The molecule has 6 nitrogen and oxygen atoms in total. The molecule has 0 bridgehead atoms. The number of fused-ring (bicyclic) bond motifs is 1. The number of nitrogens with zero attached hydrogens (tertiary/aromatic N) is 2. The Kier molecular flexibility index (Phi) is 3.72. The van der Waals surface area contributed by atoms with Gasteiger partial charge in [0.25, 0.3) is 0 Å². The van der Waals surface area contributed by atoms with Crippen LogP contribution in [-0.4, -0.2) is 26.4 Å². The quantitative estimate of drug-likeness (QED) is 0.823. The maximum atomic E-state index is 12.1. The first kappa shape index (κ1) is 14.6. The van der Waals surface area contributed by atoms with E-state index in [1.54, 1.807) is 4.57 Å². The predicted molar refractivity (Wildman–Crippen MR) is 88.9 cm³/mol. The van der Waals surface area contributed by atoms with Crippen molar-refractivity contribution >= 4 is 23.4 Å². The zero-order valence-corrected chi connectivity index (χ0v) is 13.5. The largest absolute Gasteiger partial charge is 0.344 e. The highest BCUT2D eigenvalue weighted by atomic mass is 32.2. The van der Waals surface area contributed by atoms with E-state index in [1.165, 1.54) is 29.3 Å². The zero-order valence-electron chi connectivity index (χ0n) is 12.7. The summed E-state index contributed by atoms with van der Waals surface area (Å²) in [4.78, 5) is 23.8. The van der Waals surface area contributed by atoms with Crippen molar-refractivity contribution in [2.24, 2.45) is 0 Å². The first-order valence-corrected chi connectivity index (χ1v) is 8.90. The lowest BCUT2D eigenvalue weighted by Crippen LogP contribution is -2.18. The number of hydrogen-bond acceptors (Lipinski definition) is 4. The van der Waals surface area contributed by atoms with Crippen LogP contribution in [0.15, 0.2) is 28.2 Å². The minimum Gasteiger partial charge on any atom is -0.325 e. The van der Waals surface area contributed by atoms with Crippen molar-refractivity contribution in [2.75, 3.05) is 11.1 Å². The van der Waals surface area contributed by atoms with Gasteiger partial charge in [-0.15, -0.1) is 5.10 Å². The molecule has 2 aliphatic rings. The molecule has 0 aliphatic heterocycles. The van der Waals surface area contributed by atoms with Crippen LogP contribution < -0.4 is 11.0 Å². The molecule has 1 aromatic carbocycles. The normalized spacial score (nSPS) is 16.3. The lowest BCUT2D eigenvalue weighted by Gasteiger charge is -2.07. The molecule has 4 rings (SSSR count). The van der Waals surface area contributed by atoms with E-state index in [-0.39, 0.29) is 23.4 Å². The summed E-state index contributed by atoms with van der Waals surface area (Å²) >= 11 is 1.30. The van der Waals surface area contributed by atoms with Crippen molar-refractivity contribution in [2.45, 2.75) is 43.3 Å². The van der Waals surface area contributed by atoms with Crippen LogP contribution in [0.3, 0.4) is 0 Å². The number of H-pyrrole nitrogens is 1. The highest BCUT2D eigenvalue weighted by Crippen LogP contribution is 2.36. The molecule has 0 spiro atoms. The second kappa shape index (κ2) is 5.88. The molecule has 2 aromatic rings. The smallest absolute Gasteiger partial charge is 0.325 e. The maximum Gasteiger partial charge on any atom is 0.344 e. The second-order valence-corrected chi connectivity index (χ2v) is 7.03. The number of thioether (sulfide) groups is 1. The Morgan fingerprint density at radius 3 is 3.00 bits per heavy atom. The highest BCUT2D eigenvalue weighted by Gasteiger charge is 2.28. The Hall–Kier alpha value is -2.02. The van der Waals surface area contributed by atoms with E-state index in [1.807, 2.05) is 6.07 Å². The summed E-state index contributed by atoms with van der Waals surface area (Å²) in [6.07, 6.45) is 5.44. The Morgan fingerprint density at radius 1 is 1.35 bits per heavy atom. The third kappa shape index (κ3) is 3.06. The summed E-state index contributed by atoms with van der Waals surface area (Å²) in [5.41, 5.74) is 3.39. The van der Waals surface area contributed by atoms with Crippen molar-refractivity contribution < 1.29 is 4.79 Å². The molecule has 1 amide bonds. The van der Waals surface area contributed by atoms with Gasteiger partial charge in [0.2, 0.25) is 5.91 Å². The van der Waals surface area contributed by atoms with Gasteiger partial charge in [-0.3, -0.25) is 9.36 Å². The topological polar surface area (TPSA) is 79.8 Å². The average Bonchev–Trinajstić information content (AvgIpc) is 3.14. The van der Waals surface area contributed by atoms with Gasteiger partial charge in [-0.2, -0.15) is 0 Å². The fourth-order valence-electron chi connectivity index (χ4n) is 3.02. The van der Waals surface area contributed by atoms with Crippen LogP contribution in [-0.2, 0) is 17.6 Å². The van der Waals surface area contributed by atoms with E-state index in [2.05, 4.69) is 27.6 Å². The van der Waals surface area contributed by atoms with Crippen LogP contribution in [0.2, 0.25) is 0 Å². The van der Waals surface area contributed by atoms with Gasteiger partial charge in [0.05, 0.1) is 5.75 Å². The van der Waals surface area contributed by atoms with E-state index in [4.69, 9.17) is 0 Å². The van der Waals surface area contributed by atoms with E-state index in [0.717, 1.165) is 31.4 Å². The van der Waals surface area contributed by atoms with Crippen LogP contribution >= 0.6 is 11.8 Å². The van der Waals surface area contributed by atoms with Crippen LogP contribution in [0.1, 0.15) is 36.4 Å². The third-order valence-corrected chi connectivity index (χ3v) is 5.25. The summed E-state index contributed by atoms with van der Waals surface area (Å²) < 4.78 is 1.66. The van der Waals surface area contributed by atoms with Gasteiger partial charge in [0.15, 0.2) is 5.16 Å². The molecule has 0 saturated heterocycles. The van der Waals surface area contributed by atoms with E-state index in [9.17, 15) is 9.59 Å². The molecule has 1 aromatic heterocycles. The molecule has 1 heterocycles. The lowest BCUT2D eigenvalue weighted by atomic mass is 10.1. The number of rotatable bonds is 5. The molecular weight excluding hydrogens is 312 g/mol. The molecule has 0 radical (unpaired) electrons. The number of benzene rings is 1. The number of amides is 1. The number of anilines is 1. The van der Waals surface area contributed by atoms with Crippen molar-refractivity contribution in [3.63, 3.8) is 0 Å². The number of aryl methyl sites for hydroxylation is 2. The van der Waals surface area contributed by atoms with Crippen molar-refractivity contribution in [1.82, 2.24) is 14.8 Å². The SMILES string of the molecule is O=C(CSc1n[nH]c(=O)n1C1CC1)Nc1ccc2c(c1)CCC2. The summed E-state index contributed by atoms with van der Waals surface area (Å²) in [6.45, 7) is 0. The first-order valence-electron chi connectivity index (χ1n) is 7.92. The van der Waals surface area contributed by atoms with Crippen LogP contribution in [0, 0.1) is 0 Å². The molecule has 0 atom stereocenters. The maximum absolute atomic E-state index is 12.1. The van der Waals surface area contributed by atoms with E-state index < -0.39 is 0 Å². The number of aromatic nitrogens is 3. The molecule has 7 heteroatoms. The highest BCUT2D eigenvalue weighted by molar-refractivity contribution is 7.99. The Labute approximate surface area is 137 Å². The Balaban J connectivity index is 1.38. The van der Waals surface area contributed by atoms with Crippen LogP contribution in [0.25, 0.3) is 0 Å². The van der Waals surface area contributed by atoms with Crippen molar-refractivity contribution in [3.8, 4) is 0 Å². The number of hydrogen-bond donors (Lipinski definition) is 2. The van der Waals surface area contributed by atoms with Gasteiger partial charge in [-0.05, 0) is 55.4 Å². The average molecular weight is 330 g/mol. The van der Waals surface area contributed by atoms with Gasteiger partial charge >= 0.3 is 5.69 Å². The first-order chi connectivity index (χ1) is 11.2. The fraction of sp³-hybridized carbons (Fsp3) is 0.438. The zero-order chi connectivity index (χ0) is 15.8. The number of carbonyl (C=O) groups excluding carboxylic acids is 1. The lowest BCUT2D eigenvalue weighted by molar-refractivity contribution is -0.113. The predicted octanol–water partition coefficient (Wildman–Crippen LogP) is 2.13. The molecule has 1 saturated carbocycles. The Morgan fingerprint density at radius 2 is 2.17 bits per heavy atom. The fourth-order valence-corrected chi connectivity index (χ4v) is 3.84. The van der Waals surface area contributed by atoms with Crippen LogP contribution in [0.5, 0.6) is 0 Å². The number of aromatic amines is 1. The molecule has 2 aliphatic carbocycles. The van der Waals surface area contributed by atoms with Crippen LogP contribution in [0.4, 0.5) is 5.69 Å². The van der Waals surface area contributed by atoms with Gasteiger partial charge in [-0.1, -0.05) is 17.8 Å². The monoisotopic (exact) mass is 330 g/mol. The molecule has 0 unspecified atom stereocenters. The van der Waals surface area contributed by atoms with E-state index in [0.29, 0.717) is 5.16 Å². The summed E-state index contributed by atoms with van der Waals surface area (Å²) in [6, 6.07) is 6.38. The van der Waals surface area contributed by atoms with Crippen molar-refractivity contribution in [3.05, 3.63) is 39.8 Å². The summed E-state index contributed by atoms with van der Waals surface area (Å²) in [5.74, 6) is 0.166. The number of nitrogens with one attached hydrogen (secondary N) is 2. The summed E-state index contributed by atoms with van der Waals surface area (Å²) in [5, 5.41) is 10.0. The molecular formula is C16H18N4O2S. The minimum absolute atomic E-state index is 0.0780. The van der Waals surface area contributed by atoms with Gasteiger partial charge in [0, 0.05) is 11.7 Å². The molecule has 23 heavy (non-hydrogen) atoms. The molecule has 2 N–H and O–H groups in total. The molecule has 1 fully saturated rings. The second-order valence-electron chi connectivity index (χ2n) is 6.09. The Bertz CT molecular complexity index is 807. The summed E-state index contributed by atoms with van der Waals surface area (Å²) in [7, 11) is 0. The molecule has 120 valence electrons. The van der Waals surface area contributed by atoms with Gasteiger partial charge < -0.3 is 5.32 Å².